The number of morpholine rings is 1. The van der Waals surface area contributed by atoms with Crippen LogP contribution >= 0.6 is 0 Å². The van der Waals surface area contributed by atoms with Gasteiger partial charge < -0.3 is 19.4 Å². The summed E-state index contributed by atoms with van der Waals surface area (Å²) in [5.74, 6) is 0.437. The number of nitrogens with zero attached hydrogens (tertiary/aromatic N) is 2. The molecular weight excluding hydrogens is 370 g/mol. The van der Waals surface area contributed by atoms with Crippen molar-refractivity contribution in [3.63, 3.8) is 0 Å². The first-order valence-electron chi connectivity index (χ1n) is 8.68. The monoisotopic (exact) mass is 393 g/mol. The van der Waals surface area contributed by atoms with E-state index in [0.717, 1.165) is 5.75 Å². The highest BCUT2D eigenvalue weighted by molar-refractivity contribution is 7.89. The highest BCUT2D eigenvalue weighted by Gasteiger charge is 2.28. The van der Waals surface area contributed by atoms with Crippen molar-refractivity contribution in [2.75, 3.05) is 46.5 Å². The molecule has 27 heavy (non-hydrogen) atoms. The van der Waals surface area contributed by atoms with Crippen molar-refractivity contribution >= 4 is 15.9 Å². The smallest absolute Gasteiger partial charge is 0.270 e. The van der Waals surface area contributed by atoms with Gasteiger partial charge in [-0.1, -0.05) is 18.2 Å². The third-order valence-electron chi connectivity index (χ3n) is 4.28. The van der Waals surface area contributed by atoms with E-state index in [1.807, 2.05) is 30.3 Å². The number of hydrogen-bond donors (Lipinski definition) is 1. The molecule has 3 rings (SSSR count). The third-order valence-corrected chi connectivity index (χ3v) is 6.16. The number of para-hydroxylation sites is 1. The molecule has 0 saturated carbocycles. The predicted octanol–water partition coefficient (Wildman–Crippen LogP) is 1.19. The lowest BCUT2D eigenvalue weighted by atomic mass is 10.3. The van der Waals surface area contributed by atoms with Crippen molar-refractivity contribution in [2.24, 2.45) is 0 Å². The largest absolute Gasteiger partial charge is 0.492 e. The minimum atomic E-state index is -3.63. The van der Waals surface area contributed by atoms with Crippen molar-refractivity contribution in [1.82, 2.24) is 14.2 Å². The van der Waals surface area contributed by atoms with Crippen LogP contribution in [0.15, 0.2) is 47.5 Å². The Balaban J connectivity index is 1.58. The molecule has 9 heteroatoms. The summed E-state index contributed by atoms with van der Waals surface area (Å²) < 4.78 is 37.4. The molecule has 1 aromatic heterocycles. The minimum Gasteiger partial charge on any atom is -0.492 e. The van der Waals surface area contributed by atoms with Crippen LogP contribution < -0.4 is 4.74 Å². The average molecular weight is 393 g/mol. The fraction of sp³-hybridized carbons (Fsp3) is 0.389. The van der Waals surface area contributed by atoms with Gasteiger partial charge >= 0.3 is 0 Å². The highest BCUT2D eigenvalue weighted by atomic mass is 32.2. The van der Waals surface area contributed by atoms with Crippen molar-refractivity contribution in [1.29, 1.82) is 0 Å². The van der Waals surface area contributed by atoms with Crippen molar-refractivity contribution in [2.45, 2.75) is 4.90 Å². The molecule has 1 aromatic carbocycles. The van der Waals surface area contributed by atoms with Crippen molar-refractivity contribution in [3.8, 4) is 5.75 Å². The summed E-state index contributed by atoms with van der Waals surface area (Å²) in [6, 6.07) is 10.7. The van der Waals surface area contributed by atoms with Crippen molar-refractivity contribution in [3.05, 3.63) is 48.3 Å². The van der Waals surface area contributed by atoms with E-state index in [9.17, 15) is 13.2 Å². The van der Waals surface area contributed by atoms with Crippen LogP contribution in [0.1, 0.15) is 10.5 Å². The highest BCUT2D eigenvalue weighted by Crippen LogP contribution is 2.18. The Hall–Kier alpha value is -2.36. The predicted molar refractivity (Wildman–Crippen MR) is 99.3 cm³/mol. The maximum Gasteiger partial charge on any atom is 0.270 e. The van der Waals surface area contributed by atoms with E-state index < -0.39 is 10.0 Å². The quantitative estimate of drug-likeness (QED) is 0.763. The zero-order valence-electron chi connectivity index (χ0n) is 15.1. The van der Waals surface area contributed by atoms with Crippen LogP contribution in [0.2, 0.25) is 0 Å². The maximum atomic E-state index is 12.6. The van der Waals surface area contributed by atoms with Gasteiger partial charge in [0.05, 0.1) is 19.8 Å². The molecule has 0 radical (unpaired) electrons. The van der Waals surface area contributed by atoms with Gasteiger partial charge in [0.1, 0.15) is 22.9 Å². The summed E-state index contributed by atoms with van der Waals surface area (Å²) in [5.41, 5.74) is 0.226. The molecule has 0 unspecified atom stereocenters. The Kier molecular flexibility index (Phi) is 6.15. The Morgan fingerprint density at radius 1 is 1.26 bits per heavy atom. The zero-order chi connectivity index (χ0) is 19.3. The van der Waals surface area contributed by atoms with Gasteiger partial charge in [0.2, 0.25) is 10.0 Å². The Labute approximate surface area is 158 Å². The number of carbonyl (C=O) groups is 1. The summed E-state index contributed by atoms with van der Waals surface area (Å²) in [6.45, 7) is 2.09. The van der Waals surface area contributed by atoms with E-state index in [0.29, 0.717) is 39.5 Å². The number of likely N-dealkylation sites (N-methyl/N-ethyl adjacent to an activating group) is 1. The second kappa shape index (κ2) is 8.55. The number of amides is 1. The first-order chi connectivity index (χ1) is 13.0. The van der Waals surface area contributed by atoms with Gasteiger partial charge in [-0.3, -0.25) is 4.79 Å². The van der Waals surface area contributed by atoms with Crippen LogP contribution in [-0.2, 0) is 14.8 Å². The number of aromatic amines is 1. The van der Waals surface area contributed by atoms with E-state index in [4.69, 9.17) is 9.47 Å². The Bertz CT molecular complexity index is 860. The number of nitrogens with one attached hydrogen (secondary N) is 1. The second-order valence-electron chi connectivity index (χ2n) is 6.15. The summed E-state index contributed by atoms with van der Waals surface area (Å²) in [5, 5.41) is 0. The minimum absolute atomic E-state index is 0.0849. The lowest BCUT2D eigenvalue weighted by Gasteiger charge is -2.25. The molecule has 1 aliphatic heterocycles. The average Bonchev–Trinajstić information content (AvgIpc) is 3.20. The molecule has 1 N–H and O–H groups in total. The molecule has 146 valence electrons. The van der Waals surface area contributed by atoms with E-state index in [2.05, 4.69) is 4.98 Å². The molecule has 0 bridgehead atoms. The number of rotatable bonds is 7. The second-order valence-corrected chi connectivity index (χ2v) is 8.09. The van der Waals surface area contributed by atoms with Crippen LogP contribution in [0.25, 0.3) is 0 Å². The normalized spacial score (nSPS) is 15.4. The van der Waals surface area contributed by atoms with Crippen LogP contribution in [0.3, 0.4) is 0 Å². The molecule has 2 aromatic rings. The first kappa shape index (κ1) is 19.4. The standard InChI is InChI=1S/C18H23N3O5S/c1-20(7-12-26-15-5-3-2-4-6-15)18(22)17-13-16(14-19-17)27(23,24)21-8-10-25-11-9-21/h2-6,13-14,19H,7-12H2,1H3. The molecule has 0 aliphatic carbocycles. The first-order valence-corrected chi connectivity index (χ1v) is 10.1. The maximum absolute atomic E-state index is 12.6. The van der Waals surface area contributed by atoms with Gasteiger partial charge in [-0.15, -0.1) is 0 Å². The van der Waals surface area contributed by atoms with Crippen LogP contribution in [0.5, 0.6) is 5.75 Å². The molecule has 1 saturated heterocycles. The molecule has 2 heterocycles. The topological polar surface area (TPSA) is 91.9 Å². The van der Waals surface area contributed by atoms with Gasteiger partial charge in [0.25, 0.3) is 5.91 Å². The number of benzene rings is 1. The lowest BCUT2D eigenvalue weighted by Crippen LogP contribution is -2.40. The van der Waals surface area contributed by atoms with Crippen LogP contribution in [-0.4, -0.2) is 75.0 Å². The Morgan fingerprint density at radius 2 is 1.96 bits per heavy atom. The molecule has 1 aliphatic rings. The fourth-order valence-corrected chi connectivity index (χ4v) is 4.11. The summed E-state index contributed by atoms with van der Waals surface area (Å²) in [6.07, 6.45) is 1.35. The summed E-state index contributed by atoms with van der Waals surface area (Å²) >= 11 is 0. The molecule has 1 amide bonds. The van der Waals surface area contributed by atoms with Gasteiger partial charge in [-0.25, -0.2) is 8.42 Å². The van der Waals surface area contributed by atoms with Gasteiger partial charge in [0.15, 0.2) is 0 Å². The third kappa shape index (κ3) is 4.68. The summed E-state index contributed by atoms with van der Waals surface area (Å²) in [4.78, 5) is 16.9. The van der Waals surface area contributed by atoms with E-state index in [1.165, 1.54) is 21.5 Å². The molecule has 0 spiro atoms. The van der Waals surface area contributed by atoms with Crippen LogP contribution in [0, 0.1) is 0 Å². The van der Waals surface area contributed by atoms with E-state index >= 15 is 0 Å². The van der Waals surface area contributed by atoms with Gasteiger partial charge in [-0.2, -0.15) is 4.31 Å². The molecular formula is C18H23N3O5S. The zero-order valence-corrected chi connectivity index (χ0v) is 15.9. The molecule has 1 fully saturated rings. The fourth-order valence-electron chi connectivity index (χ4n) is 2.71. The number of H-pyrrole nitrogens is 1. The van der Waals surface area contributed by atoms with Gasteiger partial charge in [0, 0.05) is 26.3 Å². The number of aromatic nitrogens is 1. The number of carbonyl (C=O) groups excluding carboxylic acids is 1. The van der Waals surface area contributed by atoms with E-state index in [1.54, 1.807) is 7.05 Å². The van der Waals surface area contributed by atoms with Gasteiger partial charge in [-0.05, 0) is 18.2 Å². The Morgan fingerprint density at radius 3 is 2.67 bits per heavy atom. The summed E-state index contributed by atoms with van der Waals surface area (Å²) in [7, 11) is -1.98. The lowest BCUT2D eigenvalue weighted by molar-refractivity contribution is 0.0730. The molecule has 8 nitrogen and oxygen atoms in total. The van der Waals surface area contributed by atoms with Crippen molar-refractivity contribution < 1.29 is 22.7 Å². The van der Waals surface area contributed by atoms with Crippen LogP contribution in [0.4, 0.5) is 0 Å². The number of ether oxygens (including phenoxy) is 2. The molecule has 0 atom stereocenters. The number of hydrogen-bond acceptors (Lipinski definition) is 5. The SMILES string of the molecule is CN(CCOc1ccccc1)C(=O)c1cc(S(=O)(=O)N2CCOCC2)c[nH]1. The van der Waals surface area contributed by atoms with E-state index in [-0.39, 0.29) is 16.5 Å². The number of sulfonamides is 1.